The largest absolute Gasteiger partial charge is 0.481 e. The molecule has 1 atom stereocenters. The summed E-state index contributed by atoms with van der Waals surface area (Å²) in [6, 6.07) is 0. The third-order valence-electron chi connectivity index (χ3n) is 2.70. The molecule has 0 amide bonds. The molecular formula is C10H19NO2. The summed E-state index contributed by atoms with van der Waals surface area (Å²) < 4.78 is 0. The number of hydrogen-bond acceptors (Lipinski definition) is 2. The Hall–Kier alpha value is -0.570. The average Bonchev–Trinajstić information content (AvgIpc) is 2.53. The Kier molecular flexibility index (Phi) is 4.22. The van der Waals surface area contributed by atoms with Crippen molar-refractivity contribution in [2.75, 3.05) is 19.6 Å². The SMILES string of the molecule is CCCCCN1CCC(C(=O)O)C1. The molecule has 0 bridgehead atoms. The normalized spacial score (nSPS) is 23.6. The van der Waals surface area contributed by atoms with E-state index in [4.69, 9.17) is 5.11 Å². The molecule has 1 N–H and O–H groups in total. The molecular weight excluding hydrogens is 166 g/mol. The average molecular weight is 185 g/mol. The van der Waals surface area contributed by atoms with Gasteiger partial charge >= 0.3 is 5.97 Å². The van der Waals surface area contributed by atoms with Gasteiger partial charge < -0.3 is 10.0 Å². The summed E-state index contributed by atoms with van der Waals surface area (Å²) in [7, 11) is 0. The zero-order valence-corrected chi connectivity index (χ0v) is 8.33. The Bertz CT molecular complexity index is 170. The zero-order chi connectivity index (χ0) is 9.68. The highest BCUT2D eigenvalue weighted by molar-refractivity contribution is 5.70. The highest BCUT2D eigenvalue weighted by Crippen LogP contribution is 2.16. The van der Waals surface area contributed by atoms with Crippen molar-refractivity contribution in [1.29, 1.82) is 0 Å². The van der Waals surface area contributed by atoms with Gasteiger partial charge in [-0.05, 0) is 25.9 Å². The monoisotopic (exact) mass is 185 g/mol. The summed E-state index contributed by atoms with van der Waals surface area (Å²) >= 11 is 0. The van der Waals surface area contributed by atoms with Crippen molar-refractivity contribution in [1.82, 2.24) is 4.90 Å². The number of likely N-dealkylation sites (tertiary alicyclic amines) is 1. The summed E-state index contributed by atoms with van der Waals surface area (Å²) in [6.07, 6.45) is 4.54. The van der Waals surface area contributed by atoms with Gasteiger partial charge in [-0.2, -0.15) is 0 Å². The van der Waals surface area contributed by atoms with Gasteiger partial charge in [-0.25, -0.2) is 0 Å². The van der Waals surface area contributed by atoms with Crippen LogP contribution in [0.3, 0.4) is 0 Å². The molecule has 1 heterocycles. The molecule has 0 aromatic heterocycles. The molecule has 0 saturated carbocycles. The van der Waals surface area contributed by atoms with Crippen LogP contribution in [-0.4, -0.2) is 35.6 Å². The maximum atomic E-state index is 10.7. The van der Waals surface area contributed by atoms with E-state index in [1.807, 2.05) is 0 Å². The predicted molar refractivity (Wildman–Crippen MR) is 51.7 cm³/mol. The molecule has 76 valence electrons. The third kappa shape index (κ3) is 3.35. The Labute approximate surface area is 79.7 Å². The number of carboxylic acids is 1. The Morgan fingerprint density at radius 3 is 2.85 bits per heavy atom. The summed E-state index contributed by atoms with van der Waals surface area (Å²) in [4.78, 5) is 12.9. The molecule has 3 heteroatoms. The summed E-state index contributed by atoms with van der Waals surface area (Å²) in [6.45, 7) is 5.00. The van der Waals surface area contributed by atoms with Crippen molar-refractivity contribution in [2.45, 2.75) is 32.6 Å². The number of rotatable bonds is 5. The lowest BCUT2D eigenvalue weighted by molar-refractivity contribution is -0.141. The molecule has 1 fully saturated rings. The fourth-order valence-corrected chi connectivity index (χ4v) is 1.82. The smallest absolute Gasteiger partial charge is 0.307 e. The molecule has 1 unspecified atom stereocenters. The maximum absolute atomic E-state index is 10.7. The second-order valence-corrected chi connectivity index (χ2v) is 3.83. The fourth-order valence-electron chi connectivity index (χ4n) is 1.82. The quantitative estimate of drug-likeness (QED) is 0.661. The van der Waals surface area contributed by atoms with E-state index < -0.39 is 5.97 Å². The molecule has 1 saturated heterocycles. The molecule has 3 nitrogen and oxygen atoms in total. The van der Waals surface area contributed by atoms with Gasteiger partial charge in [-0.15, -0.1) is 0 Å². The van der Waals surface area contributed by atoms with Crippen molar-refractivity contribution >= 4 is 5.97 Å². The second kappa shape index (κ2) is 5.22. The maximum Gasteiger partial charge on any atom is 0.307 e. The zero-order valence-electron chi connectivity index (χ0n) is 8.33. The molecule has 13 heavy (non-hydrogen) atoms. The van der Waals surface area contributed by atoms with Gasteiger partial charge in [0, 0.05) is 6.54 Å². The van der Waals surface area contributed by atoms with Crippen LogP contribution in [0, 0.1) is 5.92 Å². The molecule has 0 aliphatic carbocycles. The van der Waals surface area contributed by atoms with Crippen LogP contribution in [0.25, 0.3) is 0 Å². The lowest BCUT2D eigenvalue weighted by atomic mass is 10.1. The Balaban J connectivity index is 2.14. The number of unbranched alkanes of at least 4 members (excludes halogenated alkanes) is 2. The van der Waals surface area contributed by atoms with Crippen LogP contribution in [0.4, 0.5) is 0 Å². The van der Waals surface area contributed by atoms with Crippen molar-refractivity contribution in [3.8, 4) is 0 Å². The summed E-state index contributed by atoms with van der Waals surface area (Å²) in [5.41, 5.74) is 0. The minimum atomic E-state index is -0.627. The van der Waals surface area contributed by atoms with Crippen LogP contribution in [0.15, 0.2) is 0 Å². The lowest BCUT2D eigenvalue weighted by Crippen LogP contribution is -2.24. The predicted octanol–water partition coefficient (Wildman–Crippen LogP) is 1.58. The molecule has 1 aliphatic rings. The van der Waals surface area contributed by atoms with E-state index >= 15 is 0 Å². The van der Waals surface area contributed by atoms with Crippen LogP contribution in [0.5, 0.6) is 0 Å². The first-order valence-corrected chi connectivity index (χ1v) is 5.19. The highest BCUT2D eigenvalue weighted by atomic mass is 16.4. The van der Waals surface area contributed by atoms with Gasteiger partial charge in [0.05, 0.1) is 5.92 Å². The van der Waals surface area contributed by atoms with Crippen LogP contribution in [0.1, 0.15) is 32.6 Å². The number of aliphatic carboxylic acids is 1. The van der Waals surface area contributed by atoms with Gasteiger partial charge in [-0.3, -0.25) is 4.79 Å². The van der Waals surface area contributed by atoms with Crippen LogP contribution in [0.2, 0.25) is 0 Å². The number of hydrogen-bond donors (Lipinski definition) is 1. The van der Waals surface area contributed by atoms with E-state index in [1.54, 1.807) is 0 Å². The minimum absolute atomic E-state index is 0.110. The highest BCUT2D eigenvalue weighted by Gasteiger charge is 2.27. The molecule has 0 aromatic rings. The van der Waals surface area contributed by atoms with E-state index in [2.05, 4.69) is 11.8 Å². The fraction of sp³-hybridized carbons (Fsp3) is 0.900. The van der Waals surface area contributed by atoms with Crippen molar-refractivity contribution in [2.24, 2.45) is 5.92 Å². The van der Waals surface area contributed by atoms with Gasteiger partial charge in [-0.1, -0.05) is 19.8 Å². The van der Waals surface area contributed by atoms with E-state index in [0.29, 0.717) is 0 Å². The number of carboxylic acid groups (broad SMARTS) is 1. The van der Waals surface area contributed by atoms with Gasteiger partial charge in [0.15, 0.2) is 0 Å². The van der Waals surface area contributed by atoms with E-state index in [-0.39, 0.29) is 5.92 Å². The molecule has 1 rings (SSSR count). The first-order valence-electron chi connectivity index (χ1n) is 5.19. The third-order valence-corrected chi connectivity index (χ3v) is 2.70. The summed E-state index contributed by atoms with van der Waals surface area (Å²) in [5.74, 6) is -0.736. The van der Waals surface area contributed by atoms with E-state index in [1.165, 1.54) is 19.3 Å². The van der Waals surface area contributed by atoms with E-state index in [9.17, 15) is 4.79 Å². The first-order chi connectivity index (χ1) is 6.24. The minimum Gasteiger partial charge on any atom is -0.481 e. The Morgan fingerprint density at radius 1 is 1.54 bits per heavy atom. The van der Waals surface area contributed by atoms with Crippen LogP contribution >= 0.6 is 0 Å². The Morgan fingerprint density at radius 2 is 2.31 bits per heavy atom. The van der Waals surface area contributed by atoms with Gasteiger partial charge in [0.1, 0.15) is 0 Å². The lowest BCUT2D eigenvalue weighted by Gasteiger charge is -2.14. The number of nitrogens with zero attached hydrogens (tertiary/aromatic N) is 1. The first kappa shape index (κ1) is 10.5. The second-order valence-electron chi connectivity index (χ2n) is 3.83. The summed E-state index contributed by atoms with van der Waals surface area (Å²) in [5, 5.41) is 8.78. The van der Waals surface area contributed by atoms with Crippen LogP contribution < -0.4 is 0 Å². The van der Waals surface area contributed by atoms with Gasteiger partial charge in [0.2, 0.25) is 0 Å². The van der Waals surface area contributed by atoms with E-state index in [0.717, 1.165) is 26.1 Å². The van der Waals surface area contributed by atoms with Gasteiger partial charge in [0.25, 0.3) is 0 Å². The van der Waals surface area contributed by atoms with Crippen LogP contribution in [-0.2, 0) is 4.79 Å². The van der Waals surface area contributed by atoms with Crippen molar-refractivity contribution in [3.63, 3.8) is 0 Å². The van der Waals surface area contributed by atoms with Crippen molar-refractivity contribution < 1.29 is 9.90 Å². The standard InChI is InChI=1S/C10H19NO2/c1-2-3-4-6-11-7-5-9(8-11)10(12)13/h9H,2-8H2,1H3,(H,12,13). The van der Waals surface area contributed by atoms with Crippen molar-refractivity contribution in [3.05, 3.63) is 0 Å². The number of carbonyl (C=O) groups is 1. The topological polar surface area (TPSA) is 40.5 Å². The molecule has 0 radical (unpaired) electrons. The molecule has 0 spiro atoms. The molecule has 0 aromatic carbocycles. The molecule has 1 aliphatic heterocycles.